The van der Waals surface area contributed by atoms with Crippen molar-refractivity contribution in [1.29, 1.82) is 0 Å². The van der Waals surface area contributed by atoms with Crippen LogP contribution in [0.2, 0.25) is 0 Å². The molecule has 0 aromatic heterocycles. The van der Waals surface area contributed by atoms with Gasteiger partial charge in [0.1, 0.15) is 12.5 Å². The summed E-state index contributed by atoms with van der Waals surface area (Å²) in [4.78, 5) is 0. The lowest BCUT2D eigenvalue weighted by atomic mass is 10.1. The molecule has 0 aliphatic carbocycles. The Bertz CT molecular complexity index is 317. The van der Waals surface area contributed by atoms with Crippen molar-refractivity contribution in [3.8, 4) is 0 Å². The van der Waals surface area contributed by atoms with Gasteiger partial charge in [-0.15, -0.1) is 0 Å². The second-order valence-electron chi connectivity index (χ2n) is 5.15. The molecular weight excluding hydrogens is 230 g/mol. The summed E-state index contributed by atoms with van der Waals surface area (Å²) in [5, 5.41) is -0.963. The molecule has 1 rings (SSSR count). The zero-order chi connectivity index (χ0) is 11.9. The highest BCUT2D eigenvalue weighted by Gasteiger charge is 2.54. The van der Waals surface area contributed by atoms with Gasteiger partial charge < -0.3 is 9.09 Å². The average Bonchev–Trinajstić information content (AvgIpc) is 2.35. The number of hydrogen-bond donors (Lipinski definition) is 0. The molecule has 2 unspecified atom stereocenters. The summed E-state index contributed by atoms with van der Waals surface area (Å²) in [6, 6.07) is 0. The average molecular weight is 252 g/mol. The molecule has 0 radical (unpaired) electrons. The van der Waals surface area contributed by atoms with Crippen LogP contribution in [-0.2, 0) is 13.7 Å². The summed E-state index contributed by atoms with van der Waals surface area (Å²) >= 11 is 0. The van der Waals surface area contributed by atoms with Gasteiger partial charge in [-0.2, -0.15) is 0 Å². The highest BCUT2D eigenvalue weighted by Crippen LogP contribution is 2.70. The second-order valence-corrected chi connectivity index (χ2v) is 11.3. The molecule has 0 amide bonds. The molecular formula is C10H22O3P2. The van der Waals surface area contributed by atoms with Crippen LogP contribution in [0.1, 0.15) is 41.0 Å². The first-order chi connectivity index (χ1) is 6.71. The lowest BCUT2D eigenvalue weighted by Gasteiger charge is -2.32. The van der Waals surface area contributed by atoms with Crippen molar-refractivity contribution in [1.82, 2.24) is 0 Å². The van der Waals surface area contributed by atoms with Crippen molar-refractivity contribution >= 4 is 15.2 Å². The Labute approximate surface area is 93.2 Å². The van der Waals surface area contributed by atoms with Crippen LogP contribution in [0.3, 0.4) is 0 Å². The van der Waals surface area contributed by atoms with Crippen LogP contribution in [0.25, 0.3) is 0 Å². The summed E-state index contributed by atoms with van der Waals surface area (Å²) in [6.45, 7) is 9.62. The zero-order valence-corrected chi connectivity index (χ0v) is 12.2. The molecule has 1 aliphatic heterocycles. The van der Waals surface area contributed by atoms with E-state index in [0.29, 0.717) is 18.7 Å². The fraction of sp³-hybridized carbons (Fsp3) is 1.00. The molecule has 1 heterocycles. The molecule has 0 spiro atoms. The summed E-state index contributed by atoms with van der Waals surface area (Å²) in [5.74, 6) is 0. The summed E-state index contributed by atoms with van der Waals surface area (Å²) in [5.41, 5.74) is 0. The maximum Gasteiger partial charge on any atom is 0.198 e. The minimum atomic E-state index is -2.35. The second kappa shape index (κ2) is 4.02. The van der Waals surface area contributed by atoms with Gasteiger partial charge in [0.25, 0.3) is 0 Å². The van der Waals surface area contributed by atoms with E-state index in [2.05, 4.69) is 0 Å². The van der Waals surface area contributed by atoms with E-state index in [1.807, 2.05) is 34.6 Å². The smallest absolute Gasteiger partial charge is 0.198 e. The topological polar surface area (TPSA) is 43.4 Å². The molecule has 0 saturated carbocycles. The van der Waals surface area contributed by atoms with Crippen LogP contribution in [0.4, 0.5) is 0 Å². The highest BCUT2D eigenvalue weighted by molar-refractivity contribution is 7.65. The molecule has 1 saturated heterocycles. The van der Waals surface area contributed by atoms with Gasteiger partial charge in [0.05, 0.1) is 0 Å². The van der Waals surface area contributed by atoms with Gasteiger partial charge in [0, 0.05) is 17.5 Å². The van der Waals surface area contributed by atoms with E-state index in [4.69, 9.17) is 4.52 Å². The van der Waals surface area contributed by atoms with Crippen LogP contribution >= 0.6 is 15.2 Å². The van der Waals surface area contributed by atoms with E-state index >= 15 is 0 Å². The first-order valence-corrected chi connectivity index (χ1v) is 8.92. The van der Waals surface area contributed by atoms with Crippen molar-refractivity contribution in [2.75, 3.05) is 12.3 Å². The lowest BCUT2D eigenvalue weighted by molar-refractivity contribution is 0.203. The summed E-state index contributed by atoms with van der Waals surface area (Å²) in [6.07, 6.45) is 1.91. The van der Waals surface area contributed by atoms with Crippen LogP contribution in [0.15, 0.2) is 0 Å². The molecule has 2 atom stereocenters. The van der Waals surface area contributed by atoms with Gasteiger partial charge in [-0.05, 0) is 13.3 Å². The van der Waals surface area contributed by atoms with Gasteiger partial charge in [0.2, 0.25) is 0 Å². The maximum absolute atomic E-state index is 12.7. The zero-order valence-electron chi connectivity index (χ0n) is 10.3. The van der Waals surface area contributed by atoms with E-state index in [1.165, 1.54) is 0 Å². The maximum atomic E-state index is 12.7. The van der Waals surface area contributed by atoms with E-state index < -0.39 is 20.5 Å². The van der Waals surface area contributed by atoms with Crippen LogP contribution < -0.4 is 0 Å². The van der Waals surface area contributed by atoms with E-state index in [9.17, 15) is 9.13 Å². The first-order valence-electron chi connectivity index (χ1n) is 5.52. The van der Waals surface area contributed by atoms with Crippen molar-refractivity contribution in [3.63, 3.8) is 0 Å². The van der Waals surface area contributed by atoms with E-state index in [0.717, 1.165) is 0 Å². The summed E-state index contributed by atoms with van der Waals surface area (Å²) in [7, 11) is -4.42. The third kappa shape index (κ3) is 2.12. The van der Waals surface area contributed by atoms with Crippen LogP contribution in [0.5, 0.6) is 0 Å². The number of rotatable bonds is 3. The van der Waals surface area contributed by atoms with Gasteiger partial charge >= 0.3 is 0 Å². The highest BCUT2D eigenvalue weighted by atomic mass is 31.2. The van der Waals surface area contributed by atoms with Gasteiger partial charge in [-0.3, -0.25) is 4.57 Å². The van der Waals surface area contributed by atoms with Gasteiger partial charge in [-0.25, -0.2) is 0 Å². The predicted octanol–water partition coefficient (Wildman–Crippen LogP) is 3.78. The Morgan fingerprint density at radius 2 is 1.73 bits per heavy atom. The molecule has 1 fully saturated rings. The third-order valence-electron chi connectivity index (χ3n) is 3.52. The Morgan fingerprint density at radius 3 is 2.00 bits per heavy atom. The Hall–Kier alpha value is 0.420. The number of hydrogen-bond acceptors (Lipinski definition) is 3. The lowest BCUT2D eigenvalue weighted by Crippen LogP contribution is -2.28. The van der Waals surface area contributed by atoms with Gasteiger partial charge in [0.15, 0.2) is 8.03 Å². The molecule has 5 heteroatoms. The Kier molecular flexibility index (Phi) is 3.61. The Morgan fingerprint density at radius 1 is 1.27 bits per heavy atom. The molecule has 0 aromatic carbocycles. The third-order valence-corrected chi connectivity index (χ3v) is 9.63. The molecule has 0 N–H and O–H groups in total. The molecule has 3 nitrogen and oxygen atoms in total. The normalized spacial score (nSPS) is 35.7. The van der Waals surface area contributed by atoms with Crippen LogP contribution in [-0.4, -0.2) is 22.8 Å². The minimum Gasteiger partial charge on any atom is -0.321 e. The van der Waals surface area contributed by atoms with Gasteiger partial charge in [-0.1, -0.05) is 27.7 Å². The van der Waals surface area contributed by atoms with Crippen LogP contribution in [0, 0.1) is 0 Å². The standard InChI is InChI=1S/C10H22O3P2/c1-6-15(12,7-2)10(5)8-9(3,4)14(11)13-10/h14H,6-8H2,1-5H3. The monoisotopic (exact) mass is 252 g/mol. The van der Waals surface area contributed by atoms with Crippen molar-refractivity contribution in [3.05, 3.63) is 0 Å². The molecule has 15 heavy (non-hydrogen) atoms. The summed E-state index contributed by atoms with van der Waals surface area (Å²) < 4.78 is 30.1. The fourth-order valence-electron chi connectivity index (χ4n) is 2.39. The van der Waals surface area contributed by atoms with Crippen molar-refractivity contribution in [2.45, 2.75) is 51.5 Å². The van der Waals surface area contributed by atoms with E-state index in [1.54, 1.807) is 0 Å². The molecule has 90 valence electrons. The minimum absolute atomic E-state index is 0.306. The Balaban J connectivity index is 3.07. The first kappa shape index (κ1) is 13.5. The predicted molar refractivity (Wildman–Crippen MR) is 65.9 cm³/mol. The SMILES string of the molecule is CCP(=O)(CC)C1(C)CC(C)(C)[PH](=O)O1. The fourth-order valence-corrected chi connectivity index (χ4v) is 7.15. The molecule has 1 aliphatic rings. The quantitative estimate of drug-likeness (QED) is 0.718. The van der Waals surface area contributed by atoms with Crippen molar-refractivity contribution in [2.24, 2.45) is 0 Å². The molecule has 0 bridgehead atoms. The largest absolute Gasteiger partial charge is 0.321 e. The molecule has 0 aromatic rings. The van der Waals surface area contributed by atoms with E-state index in [-0.39, 0.29) is 5.16 Å². The van der Waals surface area contributed by atoms with Crippen molar-refractivity contribution < 1.29 is 13.7 Å².